The van der Waals surface area contributed by atoms with Gasteiger partial charge < -0.3 is 5.32 Å². The van der Waals surface area contributed by atoms with Gasteiger partial charge in [0.05, 0.1) is 10.4 Å². The van der Waals surface area contributed by atoms with Crippen LogP contribution in [0.2, 0.25) is 5.02 Å². The van der Waals surface area contributed by atoms with Crippen molar-refractivity contribution < 1.29 is 9.59 Å². The second-order valence-corrected chi connectivity index (χ2v) is 11.3. The topological polar surface area (TPSA) is 74.7 Å². The van der Waals surface area contributed by atoms with Crippen molar-refractivity contribution in [2.24, 2.45) is 10.9 Å². The maximum atomic E-state index is 13.5. The van der Waals surface area contributed by atoms with Crippen LogP contribution in [0.4, 0.5) is 5.82 Å². The summed E-state index contributed by atoms with van der Waals surface area (Å²) < 4.78 is 0. The third-order valence-corrected chi connectivity index (χ3v) is 8.64. The van der Waals surface area contributed by atoms with Crippen molar-refractivity contribution in [1.29, 1.82) is 0 Å². The Kier molecular flexibility index (Phi) is 5.76. The maximum absolute atomic E-state index is 13.5. The van der Waals surface area contributed by atoms with E-state index in [1.807, 2.05) is 69.3 Å². The van der Waals surface area contributed by atoms with Gasteiger partial charge >= 0.3 is 0 Å². The van der Waals surface area contributed by atoms with Crippen molar-refractivity contribution in [3.8, 4) is 0 Å². The maximum Gasteiger partial charge on any atom is 0.256 e. The van der Waals surface area contributed by atoms with Gasteiger partial charge in [0.2, 0.25) is 5.91 Å². The number of amidine groups is 1. The smallest absolute Gasteiger partial charge is 0.256 e. The van der Waals surface area contributed by atoms with Crippen LogP contribution in [-0.4, -0.2) is 39.6 Å². The monoisotopic (exact) mass is 524 g/mol. The second-order valence-electron chi connectivity index (χ2n) is 10.9. The Labute approximate surface area is 227 Å². The summed E-state index contributed by atoms with van der Waals surface area (Å²) >= 11 is 6.50. The van der Waals surface area contributed by atoms with E-state index in [4.69, 9.17) is 16.6 Å². The normalized spacial score (nSPS) is 23.9. The Morgan fingerprint density at radius 2 is 1.87 bits per heavy atom. The van der Waals surface area contributed by atoms with E-state index in [-0.39, 0.29) is 17.7 Å². The molecule has 38 heavy (non-hydrogen) atoms. The molecular weight excluding hydrogens is 496 g/mol. The first-order valence-electron chi connectivity index (χ1n) is 12.9. The number of amides is 2. The molecule has 6 rings (SSSR count). The minimum atomic E-state index is -0.836. The molecule has 3 heterocycles. The number of fused-ring (bicyclic) bond motifs is 3. The predicted molar refractivity (Wildman–Crippen MR) is 150 cm³/mol. The van der Waals surface area contributed by atoms with Crippen LogP contribution >= 0.6 is 11.6 Å². The minimum absolute atomic E-state index is 0.0200. The zero-order chi connectivity index (χ0) is 26.7. The fourth-order valence-corrected chi connectivity index (χ4v) is 6.00. The number of carbonyl (C=O) groups is 2. The number of rotatable bonds is 5. The lowest BCUT2D eigenvalue weighted by molar-refractivity contribution is -0.131. The quantitative estimate of drug-likeness (QED) is 0.483. The summed E-state index contributed by atoms with van der Waals surface area (Å²) in [6.45, 7) is 6.31. The number of halogens is 1. The summed E-state index contributed by atoms with van der Waals surface area (Å²) in [6.07, 6.45) is 7.04. The van der Waals surface area contributed by atoms with E-state index in [2.05, 4.69) is 28.5 Å². The molecule has 3 aromatic rings. The predicted octanol–water partition coefficient (Wildman–Crippen LogP) is 5.44. The standard InChI is InChI=1S/C31H29ClN4O2/c1-19(2)30(3)29(38)36(27(35-30)23-9-4-5-11-25(23)32)15-7-8-20-12-13-21-17-31(18-22(21)16-20)24-10-6-14-33-26(24)34-28(31)37/h4-14,16,19H,15,17-18H2,1-3H3,(H,33,34,37)/t30?,31-/m1/s1. The number of pyridine rings is 1. The Balaban J connectivity index is 1.25. The van der Waals surface area contributed by atoms with Crippen LogP contribution in [0.5, 0.6) is 0 Å². The molecule has 1 unspecified atom stereocenters. The van der Waals surface area contributed by atoms with Crippen LogP contribution in [0.3, 0.4) is 0 Å². The minimum Gasteiger partial charge on any atom is -0.310 e. The summed E-state index contributed by atoms with van der Waals surface area (Å²) in [7, 11) is 0. The molecule has 2 amide bonds. The van der Waals surface area contributed by atoms with Crippen molar-refractivity contribution in [2.75, 3.05) is 11.9 Å². The fourth-order valence-electron chi connectivity index (χ4n) is 5.78. The first kappa shape index (κ1) is 24.6. The van der Waals surface area contributed by atoms with Crippen molar-refractivity contribution in [3.63, 3.8) is 0 Å². The van der Waals surface area contributed by atoms with E-state index >= 15 is 0 Å². The molecule has 0 saturated carbocycles. The average molecular weight is 525 g/mol. The van der Waals surface area contributed by atoms with E-state index in [9.17, 15) is 9.59 Å². The summed E-state index contributed by atoms with van der Waals surface area (Å²) in [5.41, 5.74) is 3.69. The van der Waals surface area contributed by atoms with Crippen molar-refractivity contribution in [3.05, 3.63) is 99.7 Å². The van der Waals surface area contributed by atoms with Crippen molar-refractivity contribution in [1.82, 2.24) is 9.88 Å². The largest absolute Gasteiger partial charge is 0.310 e. The average Bonchev–Trinajstić information content (AvgIpc) is 3.50. The van der Waals surface area contributed by atoms with Gasteiger partial charge in [-0.15, -0.1) is 0 Å². The molecule has 1 N–H and O–H groups in total. The highest BCUT2D eigenvalue weighted by Gasteiger charge is 2.51. The Bertz CT molecular complexity index is 1540. The molecule has 0 bridgehead atoms. The van der Waals surface area contributed by atoms with Crippen LogP contribution in [-0.2, 0) is 27.8 Å². The zero-order valence-electron chi connectivity index (χ0n) is 21.7. The summed E-state index contributed by atoms with van der Waals surface area (Å²) in [4.78, 5) is 37.5. The second kappa shape index (κ2) is 8.91. The van der Waals surface area contributed by atoms with Gasteiger partial charge in [0.15, 0.2) is 0 Å². The van der Waals surface area contributed by atoms with E-state index in [0.29, 0.717) is 36.1 Å². The van der Waals surface area contributed by atoms with Gasteiger partial charge in [-0.1, -0.05) is 74.0 Å². The van der Waals surface area contributed by atoms with E-state index < -0.39 is 11.0 Å². The molecule has 2 aliphatic heterocycles. The molecule has 0 saturated heterocycles. The molecule has 1 aromatic heterocycles. The Morgan fingerprint density at radius 1 is 1.08 bits per heavy atom. The summed E-state index contributed by atoms with van der Waals surface area (Å²) in [6, 6.07) is 17.7. The molecule has 6 nitrogen and oxygen atoms in total. The van der Waals surface area contributed by atoms with Crippen molar-refractivity contribution in [2.45, 2.75) is 44.6 Å². The number of aromatic nitrogens is 1. The van der Waals surface area contributed by atoms with Crippen LogP contribution in [0, 0.1) is 5.92 Å². The number of benzene rings is 2. The Morgan fingerprint density at radius 3 is 2.66 bits per heavy atom. The SMILES string of the molecule is CC(C)C1(C)N=C(c2ccccc2Cl)N(CC=Cc2ccc3c(c2)C[C@@]2(C3)C(=O)Nc3ncccc32)C1=O. The van der Waals surface area contributed by atoms with E-state index in [1.165, 1.54) is 11.1 Å². The molecule has 1 aliphatic carbocycles. The number of nitrogens with zero attached hydrogens (tertiary/aromatic N) is 3. The van der Waals surface area contributed by atoms with Gasteiger partial charge in [-0.2, -0.15) is 0 Å². The van der Waals surface area contributed by atoms with Gasteiger partial charge in [0.1, 0.15) is 17.2 Å². The highest BCUT2D eigenvalue weighted by atomic mass is 35.5. The third kappa shape index (κ3) is 3.70. The lowest BCUT2D eigenvalue weighted by atomic mass is 9.79. The lowest BCUT2D eigenvalue weighted by Gasteiger charge is -2.25. The molecule has 3 aliphatic rings. The first-order chi connectivity index (χ1) is 18.2. The summed E-state index contributed by atoms with van der Waals surface area (Å²) in [5, 5.41) is 3.53. The number of hydrogen-bond donors (Lipinski definition) is 1. The highest BCUT2D eigenvalue weighted by molar-refractivity contribution is 6.35. The van der Waals surface area contributed by atoms with Crippen LogP contribution < -0.4 is 5.32 Å². The van der Waals surface area contributed by atoms with Gasteiger partial charge in [-0.3, -0.25) is 19.5 Å². The molecule has 0 radical (unpaired) electrons. The van der Waals surface area contributed by atoms with Crippen LogP contribution in [0.25, 0.3) is 6.08 Å². The van der Waals surface area contributed by atoms with Crippen LogP contribution in [0.15, 0.2) is 71.9 Å². The Hall–Kier alpha value is -3.77. The molecule has 1 spiro atoms. The molecule has 2 aromatic carbocycles. The summed E-state index contributed by atoms with van der Waals surface area (Å²) in [5.74, 6) is 1.31. The number of anilines is 1. The van der Waals surface area contributed by atoms with Gasteiger partial charge in [-0.05, 0) is 60.6 Å². The molecule has 2 atom stereocenters. The number of nitrogens with one attached hydrogen (secondary N) is 1. The highest BCUT2D eigenvalue weighted by Crippen LogP contribution is 2.46. The van der Waals surface area contributed by atoms with Gasteiger partial charge in [0.25, 0.3) is 5.91 Å². The van der Waals surface area contributed by atoms with Gasteiger partial charge in [-0.25, -0.2) is 4.98 Å². The van der Waals surface area contributed by atoms with E-state index in [1.54, 1.807) is 11.1 Å². The number of hydrogen-bond acceptors (Lipinski definition) is 4. The third-order valence-electron chi connectivity index (χ3n) is 8.31. The molecule has 192 valence electrons. The molecule has 0 fully saturated rings. The molecule has 7 heteroatoms. The van der Waals surface area contributed by atoms with Crippen LogP contribution in [0.1, 0.15) is 48.6 Å². The number of carbonyl (C=O) groups excluding carboxylic acids is 2. The van der Waals surface area contributed by atoms with E-state index in [0.717, 1.165) is 16.7 Å². The lowest BCUT2D eigenvalue weighted by Crippen LogP contribution is -2.44. The van der Waals surface area contributed by atoms with Gasteiger partial charge in [0, 0.05) is 23.9 Å². The first-order valence-corrected chi connectivity index (χ1v) is 13.3. The molecular formula is C31H29ClN4O2. The van der Waals surface area contributed by atoms with Crippen molar-refractivity contribution >= 4 is 41.1 Å². The fraction of sp³-hybridized carbons (Fsp3) is 0.290. The number of aliphatic imine (C=N–C) groups is 1. The zero-order valence-corrected chi connectivity index (χ0v) is 22.4.